The van der Waals surface area contributed by atoms with Crippen molar-refractivity contribution in [3.8, 4) is 0 Å². The molecule has 0 radical (unpaired) electrons. The number of aromatic nitrogens is 2. The Bertz CT molecular complexity index is 322. The minimum Gasteiger partial charge on any atom is -0.385 e. The van der Waals surface area contributed by atoms with Gasteiger partial charge in [-0.2, -0.15) is 5.10 Å². The van der Waals surface area contributed by atoms with E-state index in [2.05, 4.69) is 5.10 Å². The Morgan fingerprint density at radius 3 is 3.00 bits per heavy atom. The van der Waals surface area contributed by atoms with Crippen LogP contribution in [0.1, 0.15) is 11.8 Å². The molecule has 1 aromatic rings. The van der Waals surface area contributed by atoms with Crippen molar-refractivity contribution in [3.05, 3.63) is 22.0 Å². The zero-order valence-electron chi connectivity index (χ0n) is 7.04. The highest BCUT2D eigenvalue weighted by Gasteiger charge is 2.24. The van der Waals surface area contributed by atoms with Crippen LogP contribution in [0.4, 0.5) is 5.69 Å². The molecule has 1 aromatic heterocycles. The van der Waals surface area contributed by atoms with E-state index in [4.69, 9.17) is 5.73 Å². The largest absolute Gasteiger partial charge is 0.385 e. The first kappa shape index (κ1) is 9.62. The number of nitrogens with two attached hydrogens (primary N) is 1. The molecule has 7 nitrogen and oxygen atoms in total. The molecule has 0 aliphatic heterocycles. The van der Waals surface area contributed by atoms with Crippen molar-refractivity contribution in [1.82, 2.24) is 9.78 Å². The maximum atomic E-state index is 10.5. The Morgan fingerprint density at radius 1 is 1.92 bits per heavy atom. The second kappa shape index (κ2) is 3.50. The summed E-state index contributed by atoms with van der Waals surface area (Å²) < 4.78 is 1.25. The fraction of sp³-hybridized carbons (Fsp3) is 0.500. The molecule has 0 saturated carbocycles. The van der Waals surface area contributed by atoms with E-state index in [0.717, 1.165) is 6.20 Å². The van der Waals surface area contributed by atoms with Gasteiger partial charge < -0.3 is 10.8 Å². The second-order valence-electron chi connectivity index (χ2n) is 2.55. The molecule has 13 heavy (non-hydrogen) atoms. The minimum absolute atomic E-state index is 0.0691. The van der Waals surface area contributed by atoms with Crippen molar-refractivity contribution in [1.29, 1.82) is 0 Å². The van der Waals surface area contributed by atoms with Crippen molar-refractivity contribution in [2.24, 2.45) is 12.8 Å². The van der Waals surface area contributed by atoms with Gasteiger partial charge in [-0.25, -0.2) is 0 Å². The maximum absolute atomic E-state index is 10.5. The van der Waals surface area contributed by atoms with E-state index in [1.165, 1.54) is 11.7 Å². The monoisotopic (exact) mass is 186 g/mol. The molecule has 1 rings (SSSR count). The Kier molecular flexibility index (Phi) is 2.59. The van der Waals surface area contributed by atoms with E-state index < -0.39 is 11.0 Å². The zero-order valence-corrected chi connectivity index (χ0v) is 7.04. The van der Waals surface area contributed by atoms with E-state index in [1.54, 1.807) is 0 Å². The van der Waals surface area contributed by atoms with Gasteiger partial charge in [0, 0.05) is 13.6 Å². The van der Waals surface area contributed by atoms with Crippen LogP contribution in [0, 0.1) is 10.1 Å². The highest BCUT2D eigenvalue weighted by atomic mass is 16.6. The van der Waals surface area contributed by atoms with Crippen LogP contribution >= 0.6 is 0 Å². The highest BCUT2D eigenvalue weighted by molar-refractivity contribution is 5.34. The quantitative estimate of drug-likeness (QED) is 0.480. The van der Waals surface area contributed by atoms with E-state index in [0.29, 0.717) is 0 Å². The molecular formula is C6H10N4O3. The molecule has 0 aliphatic carbocycles. The van der Waals surface area contributed by atoms with Crippen LogP contribution < -0.4 is 5.73 Å². The summed E-state index contributed by atoms with van der Waals surface area (Å²) in [6.45, 7) is -0.0691. The number of rotatable bonds is 3. The minimum atomic E-state index is -1.05. The van der Waals surface area contributed by atoms with E-state index in [1.807, 2.05) is 0 Å². The molecule has 0 saturated heterocycles. The van der Waals surface area contributed by atoms with E-state index >= 15 is 0 Å². The van der Waals surface area contributed by atoms with Gasteiger partial charge >= 0.3 is 5.69 Å². The molecule has 1 heterocycles. The van der Waals surface area contributed by atoms with Gasteiger partial charge in [0.2, 0.25) is 0 Å². The Morgan fingerprint density at radius 2 is 2.54 bits per heavy atom. The molecule has 0 bridgehead atoms. The van der Waals surface area contributed by atoms with Crippen molar-refractivity contribution >= 4 is 5.69 Å². The number of aryl methyl sites for hydroxylation is 1. The van der Waals surface area contributed by atoms with Crippen LogP contribution in [0.15, 0.2) is 6.20 Å². The number of aliphatic hydroxyl groups is 1. The zero-order chi connectivity index (χ0) is 10.0. The summed E-state index contributed by atoms with van der Waals surface area (Å²) >= 11 is 0. The van der Waals surface area contributed by atoms with Gasteiger partial charge in [-0.3, -0.25) is 14.8 Å². The third-order valence-corrected chi connectivity index (χ3v) is 1.70. The molecular weight excluding hydrogens is 176 g/mol. The van der Waals surface area contributed by atoms with Gasteiger partial charge in [-0.1, -0.05) is 0 Å². The topological polar surface area (TPSA) is 107 Å². The normalized spacial score (nSPS) is 12.8. The summed E-state index contributed by atoms with van der Waals surface area (Å²) in [5, 5.41) is 23.5. The molecule has 3 N–H and O–H groups in total. The molecule has 0 spiro atoms. The van der Waals surface area contributed by atoms with Gasteiger partial charge in [0.15, 0.2) is 0 Å². The van der Waals surface area contributed by atoms with Crippen LogP contribution in [0.5, 0.6) is 0 Å². The van der Waals surface area contributed by atoms with Gasteiger partial charge in [-0.15, -0.1) is 0 Å². The van der Waals surface area contributed by atoms with Crippen LogP contribution in [0.3, 0.4) is 0 Å². The number of aliphatic hydroxyl groups excluding tert-OH is 1. The predicted octanol–water partition coefficient (Wildman–Crippen LogP) is -0.680. The molecule has 0 aliphatic rings. The summed E-state index contributed by atoms with van der Waals surface area (Å²) in [5.74, 6) is 0. The van der Waals surface area contributed by atoms with Gasteiger partial charge in [0.1, 0.15) is 18.0 Å². The molecule has 0 aromatic carbocycles. The van der Waals surface area contributed by atoms with E-state index in [9.17, 15) is 15.2 Å². The molecule has 72 valence electrons. The Labute approximate surface area is 73.9 Å². The molecule has 0 amide bonds. The third-order valence-electron chi connectivity index (χ3n) is 1.70. The lowest BCUT2D eigenvalue weighted by molar-refractivity contribution is -0.386. The molecule has 0 fully saturated rings. The van der Waals surface area contributed by atoms with Crippen LogP contribution in [0.2, 0.25) is 0 Å². The third kappa shape index (κ3) is 1.65. The highest BCUT2D eigenvalue weighted by Crippen LogP contribution is 2.22. The first-order valence-electron chi connectivity index (χ1n) is 3.62. The standard InChI is InChI=1S/C6H10N4O3/c1-9-6(5(11)2-7)4(3-8-9)10(12)13/h3,5,11H,2,7H2,1H3/t5-/m0/s1. The SMILES string of the molecule is Cn1ncc([N+](=O)[O-])c1[C@@H](O)CN. The average Bonchev–Trinajstić information content (AvgIpc) is 2.46. The second-order valence-corrected chi connectivity index (χ2v) is 2.55. The van der Waals surface area contributed by atoms with Crippen molar-refractivity contribution in [2.45, 2.75) is 6.10 Å². The predicted molar refractivity (Wildman–Crippen MR) is 43.9 cm³/mol. The molecule has 0 unspecified atom stereocenters. The van der Waals surface area contributed by atoms with Crippen LogP contribution in [-0.4, -0.2) is 26.4 Å². The fourth-order valence-electron chi connectivity index (χ4n) is 1.07. The summed E-state index contributed by atoms with van der Waals surface area (Å²) in [5.41, 5.74) is 5.11. The summed E-state index contributed by atoms with van der Waals surface area (Å²) in [4.78, 5) is 9.86. The first-order valence-corrected chi connectivity index (χ1v) is 3.62. The lowest BCUT2D eigenvalue weighted by atomic mass is 10.2. The van der Waals surface area contributed by atoms with Gasteiger partial charge in [-0.05, 0) is 0 Å². The fourth-order valence-corrected chi connectivity index (χ4v) is 1.07. The lowest BCUT2D eigenvalue weighted by Crippen LogP contribution is -2.16. The number of nitrogens with zero attached hydrogens (tertiary/aromatic N) is 3. The van der Waals surface area contributed by atoms with Crippen LogP contribution in [-0.2, 0) is 7.05 Å². The molecule has 1 atom stereocenters. The summed E-state index contributed by atoms with van der Waals surface area (Å²) in [6.07, 6.45) is 0.0432. The molecule has 7 heteroatoms. The number of hydrogen-bond donors (Lipinski definition) is 2. The maximum Gasteiger partial charge on any atom is 0.312 e. The van der Waals surface area contributed by atoms with Crippen LogP contribution in [0.25, 0.3) is 0 Å². The first-order chi connectivity index (χ1) is 6.07. The number of nitro groups is 1. The Hall–Kier alpha value is -1.47. The van der Waals surface area contributed by atoms with Crippen molar-refractivity contribution in [3.63, 3.8) is 0 Å². The lowest BCUT2D eigenvalue weighted by Gasteiger charge is -2.06. The number of hydrogen-bond acceptors (Lipinski definition) is 5. The Balaban J connectivity index is 3.15. The average molecular weight is 186 g/mol. The smallest absolute Gasteiger partial charge is 0.312 e. The summed E-state index contributed by atoms with van der Waals surface area (Å²) in [6, 6.07) is 0. The van der Waals surface area contributed by atoms with Gasteiger partial charge in [0.05, 0.1) is 4.92 Å². The summed E-state index contributed by atoms with van der Waals surface area (Å²) in [7, 11) is 1.52. The van der Waals surface area contributed by atoms with E-state index in [-0.39, 0.29) is 17.9 Å². The van der Waals surface area contributed by atoms with Crippen molar-refractivity contribution in [2.75, 3.05) is 6.54 Å². The van der Waals surface area contributed by atoms with Crippen molar-refractivity contribution < 1.29 is 10.0 Å². The van der Waals surface area contributed by atoms with Gasteiger partial charge in [0.25, 0.3) is 0 Å².